The second kappa shape index (κ2) is 1.69. The van der Waals surface area contributed by atoms with Crippen LogP contribution in [0.25, 0.3) is 0 Å². The predicted octanol–water partition coefficient (Wildman–Crippen LogP) is 0.826. The lowest BCUT2D eigenvalue weighted by Crippen LogP contribution is -1.97. The van der Waals surface area contributed by atoms with Gasteiger partial charge in [-0.3, -0.25) is 0 Å². The number of nitroso groups, excluding NO2 is 1. The molecule has 0 bridgehead atoms. The molecule has 40 valence electrons. The molecule has 0 unspecified atom stereocenters. The molecule has 0 aromatic rings. The molecule has 1 rings (SSSR count). The summed E-state index contributed by atoms with van der Waals surface area (Å²) < 4.78 is 0.651. The first-order chi connectivity index (χ1) is 3.79. The Morgan fingerprint density at radius 3 is 2.25 bits per heavy atom. The minimum atomic E-state index is 0.358. The Hall–Kier alpha value is -1.25. The van der Waals surface area contributed by atoms with Gasteiger partial charge in [0.15, 0.2) is 0 Å². The van der Waals surface area contributed by atoms with Gasteiger partial charge in [-0.2, -0.15) is 0 Å². The molecule has 0 aliphatic carbocycles. The summed E-state index contributed by atoms with van der Waals surface area (Å²) in [4.78, 5) is 10.3. The quantitative estimate of drug-likeness (QED) is 0.460. The summed E-state index contributed by atoms with van der Waals surface area (Å²) in [5.74, 6) is 0. The minimum absolute atomic E-state index is 0.358. The van der Waals surface area contributed by atoms with Gasteiger partial charge in [-0.05, 0) is 0 Å². The number of hydrogen-bond acceptors (Lipinski definition) is 2. The zero-order valence-electron chi connectivity index (χ0n) is 4.16. The first kappa shape index (κ1) is 4.90. The predicted molar refractivity (Wildman–Crippen MR) is 29.6 cm³/mol. The van der Waals surface area contributed by atoms with Crippen molar-refractivity contribution < 1.29 is 4.76 Å². The topological polar surface area (TPSA) is 43.9 Å². The minimum Gasteiger partial charge on any atom is -0.300 e. The second-order valence-corrected chi connectivity index (χ2v) is 1.45. The van der Waals surface area contributed by atoms with E-state index in [-0.39, 0.29) is 0 Å². The SMILES string of the molecule is N=C1C=C[N+](=O)C=C1. The van der Waals surface area contributed by atoms with Crippen LogP contribution in [0.3, 0.4) is 0 Å². The van der Waals surface area contributed by atoms with Crippen LogP contribution in [-0.2, 0) is 0 Å². The Bertz CT molecular complexity index is 153. The van der Waals surface area contributed by atoms with Crippen molar-refractivity contribution in [1.82, 2.24) is 0 Å². The maximum Gasteiger partial charge on any atom is 0.229 e. The lowest BCUT2D eigenvalue weighted by atomic mass is 10.3. The van der Waals surface area contributed by atoms with Crippen LogP contribution in [0.15, 0.2) is 24.6 Å². The van der Waals surface area contributed by atoms with E-state index >= 15 is 0 Å². The van der Waals surface area contributed by atoms with Crippen molar-refractivity contribution in [3.63, 3.8) is 0 Å². The molecule has 3 heteroatoms. The van der Waals surface area contributed by atoms with E-state index in [0.717, 1.165) is 0 Å². The Morgan fingerprint density at radius 1 is 1.38 bits per heavy atom. The number of nitrogens with one attached hydrogen (secondary N) is 1. The largest absolute Gasteiger partial charge is 0.300 e. The molecule has 0 radical (unpaired) electrons. The smallest absolute Gasteiger partial charge is 0.229 e. The van der Waals surface area contributed by atoms with Crippen LogP contribution in [-0.4, -0.2) is 10.5 Å². The Labute approximate surface area is 46.4 Å². The standard InChI is InChI=1S/C5H5N2O/c6-5-1-3-7(8)4-2-5/h1-4,6H/q+1. The van der Waals surface area contributed by atoms with Gasteiger partial charge in [-0.25, -0.2) is 0 Å². The summed E-state index contributed by atoms with van der Waals surface area (Å²) in [5.41, 5.74) is 0.358. The molecule has 1 N–H and O–H groups in total. The van der Waals surface area contributed by atoms with E-state index < -0.39 is 0 Å². The summed E-state index contributed by atoms with van der Waals surface area (Å²) in [7, 11) is 0. The molecule has 0 aromatic heterocycles. The molecule has 0 amide bonds. The molecule has 0 aromatic carbocycles. The lowest BCUT2D eigenvalue weighted by Gasteiger charge is -1.83. The molecular weight excluding hydrogens is 104 g/mol. The first-order valence-electron chi connectivity index (χ1n) is 2.19. The third-order valence-electron chi connectivity index (χ3n) is 0.802. The molecule has 0 saturated heterocycles. The first-order valence-corrected chi connectivity index (χ1v) is 2.19. The number of allylic oxidation sites excluding steroid dienone is 2. The van der Waals surface area contributed by atoms with E-state index in [0.29, 0.717) is 10.5 Å². The highest BCUT2D eigenvalue weighted by atomic mass is 16.3. The molecule has 1 heterocycles. The Morgan fingerprint density at radius 2 is 1.88 bits per heavy atom. The van der Waals surface area contributed by atoms with Crippen LogP contribution in [0.1, 0.15) is 0 Å². The van der Waals surface area contributed by atoms with Crippen molar-refractivity contribution in [2.24, 2.45) is 0 Å². The molecule has 8 heavy (non-hydrogen) atoms. The van der Waals surface area contributed by atoms with Crippen molar-refractivity contribution >= 4 is 5.71 Å². The van der Waals surface area contributed by atoms with Gasteiger partial charge in [0.25, 0.3) is 0 Å². The molecule has 0 spiro atoms. The van der Waals surface area contributed by atoms with Gasteiger partial charge in [0.05, 0.1) is 10.5 Å². The van der Waals surface area contributed by atoms with Crippen molar-refractivity contribution in [3.05, 3.63) is 29.5 Å². The normalized spacial score (nSPS) is 17.5. The molecule has 1 aliphatic heterocycles. The summed E-state index contributed by atoms with van der Waals surface area (Å²) in [5, 5.41) is 6.94. The number of rotatable bonds is 0. The monoisotopic (exact) mass is 109 g/mol. The molecule has 1 aliphatic rings. The average molecular weight is 109 g/mol. The summed E-state index contributed by atoms with van der Waals surface area (Å²) in [6, 6.07) is 0. The maximum atomic E-state index is 10.3. The fourth-order valence-corrected chi connectivity index (χ4v) is 0.413. The van der Waals surface area contributed by atoms with E-state index in [1.54, 1.807) is 0 Å². The third kappa shape index (κ3) is 0.872. The van der Waals surface area contributed by atoms with Crippen molar-refractivity contribution in [2.45, 2.75) is 0 Å². The zero-order valence-corrected chi connectivity index (χ0v) is 4.16. The molecule has 0 fully saturated rings. The Kier molecular flexibility index (Phi) is 1.04. The van der Waals surface area contributed by atoms with Crippen LogP contribution in [0, 0.1) is 10.3 Å². The van der Waals surface area contributed by atoms with Gasteiger partial charge in [0, 0.05) is 17.1 Å². The highest BCUT2D eigenvalue weighted by molar-refractivity contribution is 6.01. The second-order valence-electron chi connectivity index (χ2n) is 1.45. The lowest BCUT2D eigenvalue weighted by molar-refractivity contribution is -0.402. The van der Waals surface area contributed by atoms with Gasteiger partial charge < -0.3 is 5.41 Å². The number of hydrogen-bond donors (Lipinski definition) is 1. The highest BCUT2D eigenvalue weighted by Gasteiger charge is 2.02. The summed E-state index contributed by atoms with van der Waals surface area (Å²) in [6.07, 6.45) is 5.46. The van der Waals surface area contributed by atoms with Gasteiger partial charge in [-0.1, -0.05) is 0 Å². The van der Waals surface area contributed by atoms with Crippen molar-refractivity contribution in [1.29, 1.82) is 5.41 Å². The van der Waals surface area contributed by atoms with Gasteiger partial charge >= 0.3 is 0 Å². The zero-order chi connectivity index (χ0) is 5.98. The molecule has 3 nitrogen and oxygen atoms in total. The van der Waals surface area contributed by atoms with E-state index in [2.05, 4.69) is 0 Å². The van der Waals surface area contributed by atoms with E-state index in [4.69, 9.17) is 5.41 Å². The number of nitrogens with zero attached hydrogens (tertiary/aromatic N) is 1. The van der Waals surface area contributed by atoms with Crippen molar-refractivity contribution in [2.75, 3.05) is 0 Å². The van der Waals surface area contributed by atoms with Crippen LogP contribution in [0.4, 0.5) is 0 Å². The van der Waals surface area contributed by atoms with E-state index in [9.17, 15) is 4.91 Å². The van der Waals surface area contributed by atoms with Crippen molar-refractivity contribution in [3.8, 4) is 0 Å². The van der Waals surface area contributed by atoms with E-state index in [1.807, 2.05) is 0 Å². The fourth-order valence-electron chi connectivity index (χ4n) is 0.413. The van der Waals surface area contributed by atoms with Crippen LogP contribution >= 0.6 is 0 Å². The molecule has 0 atom stereocenters. The third-order valence-corrected chi connectivity index (χ3v) is 0.802. The molecule has 0 saturated carbocycles. The van der Waals surface area contributed by atoms with Gasteiger partial charge in [-0.15, -0.1) is 0 Å². The van der Waals surface area contributed by atoms with Crippen LogP contribution < -0.4 is 0 Å². The fraction of sp³-hybridized carbons (Fsp3) is 0. The molecular formula is C5H5N2O+. The average Bonchev–Trinajstić information content (AvgIpc) is 1.77. The Balaban J connectivity index is 2.83. The summed E-state index contributed by atoms with van der Waals surface area (Å²) >= 11 is 0. The van der Waals surface area contributed by atoms with Gasteiger partial charge in [0.2, 0.25) is 12.4 Å². The maximum absolute atomic E-state index is 10.3. The highest BCUT2D eigenvalue weighted by Crippen LogP contribution is 1.90. The van der Waals surface area contributed by atoms with E-state index in [1.165, 1.54) is 24.6 Å². The van der Waals surface area contributed by atoms with Crippen LogP contribution in [0.2, 0.25) is 0 Å². The van der Waals surface area contributed by atoms with Gasteiger partial charge in [0.1, 0.15) is 0 Å². The summed E-state index contributed by atoms with van der Waals surface area (Å²) in [6.45, 7) is 0. The van der Waals surface area contributed by atoms with Crippen LogP contribution in [0.5, 0.6) is 0 Å².